The van der Waals surface area contributed by atoms with E-state index in [-0.39, 0.29) is 5.91 Å². The maximum Gasteiger partial charge on any atom is 0.254 e. The Bertz CT molecular complexity index is 595. The second-order valence-electron chi connectivity index (χ2n) is 4.95. The topological polar surface area (TPSA) is 20.3 Å². The lowest BCUT2D eigenvalue weighted by Gasteiger charge is -2.18. The smallest absolute Gasteiger partial charge is 0.254 e. The summed E-state index contributed by atoms with van der Waals surface area (Å²) in [4.78, 5) is 14.2. The molecule has 2 nitrogen and oxygen atoms in total. The van der Waals surface area contributed by atoms with E-state index in [1.807, 2.05) is 50.4 Å². The largest absolute Gasteiger partial charge is 0.341 e. The third kappa shape index (κ3) is 3.70. The summed E-state index contributed by atoms with van der Waals surface area (Å²) in [7, 11) is 1.84. The van der Waals surface area contributed by atoms with Gasteiger partial charge in [0.15, 0.2) is 0 Å². The molecule has 0 bridgehead atoms. The van der Waals surface area contributed by atoms with Gasteiger partial charge >= 0.3 is 0 Å². The molecule has 2 aromatic carbocycles. The van der Waals surface area contributed by atoms with E-state index in [1.165, 1.54) is 5.56 Å². The van der Waals surface area contributed by atoms with E-state index in [2.05, 4.69) is 28.1 Å². The van der Waals surface area contributed by atoms with E-state index in [4.69, 9.17) is 0 Å². The number of amides is 1. The normalized spacial score (nSPS) is 10.3. The average Bonchev–Trinajstić information content (AvgIpc) is 2.45. The van der Waals surface area contributed by atoms with Gasteiger partial charge < -0.3 is 4.90 Å². The molecule has 0 aliphatic rings. The van der Waals surface area contributed by atoms with Crippen molar-refractivity contribution in [1.82, 2.24) is 4.90 Å². The third-order valence-electron chi connectivity index (χ3n) is 3.28. The Morgan fingerprint density at radius 2 is 1.85 bits per heavy atom. The summed E-state index contributed by atoms with van der Waals surface area (Å²) in [5, 5.41) is 0. The molecule has 0 aliphatic heterocycles. The molecule has 0 radical (unpaired) electrons. The molecular formula is C17H18BrNO. The van der Waals surface area contributed by atoms with Crippen LogP contribution in [0.3, 0.4) is 0 Å². The third-order valence-corrected chi connectivity index (χ3v) is 3.94. The van der Waals surface area contributed by atoms with Crippen molar-refractivity contribution in [1.29, 1.82) is 0 Å². The minimum absolute atomic E-state index is 0.0489. The molecule has 0 unspecified atom stereocenters. The SMILES string of the molecule is Cc1ccc(C(=O)N(C)CCc2ccccc2)c(Br)c1. The van der Waals surface area contributed by atoms with Crippen LogP contribution in [0.25, 0.3) is 0 Å². The molecule has 0 aromatic heterocycles. The van der Waals surface area contributed by atoms with Gasteiger partial charge in [0, 0.05) is 18.1 Å². The Hall–Kier alpha value is -1.61. The van der Waals surface area contributed by atoms with Gasteiger partial charge in [0.2, 0.25) is 0 Å². The molecule has 0 aliphatic carbocycles. The number of benzene rings is 2. The molecule has 2 aromatic rings. The zero-order valence-corrected chi connectivity index (χ0v) is 13.4. The summed E-state index contributed by atoms with van der Waals surface area (Å²) in [6, 6.07) is 16.0. The van der Waals surface area contributed by atoms with E-state index in [1.54, 1.807) is 4.90 Å². The Balaban J connectivity index is 2.01. The Kier molecular flexibility index (Phi) is 4.96. The van der Waals surface area contributed by atoms with E-state index >= 15 is 0 Å². The maximum atomic E-state index is 12.4. The molecule has 0 saturated carbocycles. The van der Waals surface area contributed by atoms with Crippen molar-refractivity contribution >= 4 is 21.8 Å². The van der Waals surface area contributed by atoms with Crippen LogP contribution in [0.1, 0.15) is 21.5 Å². The van der Waals surface area contributed by atoms with Crippen LogP contribution in [0.5, 0.6) is 0 Å². The fraction of sp³-hybridized carbons (Fsp3) is 0.235. The molecule has 0 spiro atoms. The number of rotatable bonds is 4. The highest BCUT2D eigenvalue weighted by Gasteiger charge is 2.14. The Morgan fingerprint density at radius 3 is 2.50 bits per heavy atom. The van der Waals surface area contributed by atoms with Crippen LogP contribution in [-0.2, 0) is 6.42 Å². The van der Waals surface area contributed by atoms with Crippen LogP contribution < -0.4 is 0 Å². The van der Waals surface area contributed by atoms with Crippen molar-refractivity contribution in [2.45, 2.75) is 13.3 Å². The standard InChI is InChI=1S/C17H18BrNO/c1-13-8-9-15(16(18)12-13)17(20)19(2)11-10-14-6-4-3-5-7-14/h3-9,12H,10-11H2,1-2H3. The van der Waals surface area contributed by atoms with Gasteiger partial charge in [0.1, 0.15) is 0 Å². The first-order chi connectivity index (χ1) is 9.58. The first-order valence-electron chi connectivity index (χ1n) is 6.63. The van der Waals surface area contributed by atoms with Gasteiger partial charge in [-0.1, -0.05) is 36.4 Å². The summed E-state index contributed by atoms with van der Waals surface area (Å²) >= 11 is 3.46. The van der Waals surface area contributed by atoms with Gasteiger partial charge in [0.05, 0.1) is 5.56 Å². The number of carbonyl (C=O) groups is 1. The number of nitrogens with zero attached hydrogens (tertiary/aromatic N) is 1. The van der Waals surface area contributed by atoms with E-state index in [0.29, 0.717) is 12.1 Å². The fourth-order valence-electron chi connectivity index (χ4n) is 2.04. The molecule has 2 rings (SSSR count). The van der Waals surface area contributed by atoms with Crippen molar-refractivity contribution in [2.24, 2.45) is 0 Å². The zero-order valence-electron chi connectivity index (χ0n) is 11.8. The fourth-order valence-corrected chi connectivity index (χ4v) is 2.71. The Morgan fingerprint density at radius 1 is 1.15 bits per heavy atom. The van der Waals surface area contributed by atoms with Crippen molar-refractivity contribution < 1.29 is 4.79 Å². The van der Waals surface area contributed by atoms with Gasteiger partial charge in [-0.05, 0) is 52.5 Å². The summed E-state index contributed by atoms with van der Waals surface area (Å²) in [6.45, 7) is 2.72. The van der Waals surface area contributed by atoms with E-state index in [0.717, 1.165) is 16.5 Å². The predicted octanol–water partition coefficient (Wildman–Crippen LogP) is 4.07. The van der Waals surface area contributed by atoms with Crippen molar-refractivity contribution in [3.63, 3.8) is 0 Å². The minimum Gasteiger partial charge on any atom is -0.341 e. The summed E-state index contributed by atoms with van der Waals surface area (Å²) in [6.07, 6.45) is 0.868. The van der Waals surface area contributed by atoms with Crippen molar-refractivity contribution in [3.05, 3.63) is 69.7 Å². The molecule has 104 valence electrons. The molecule has 1 amide bonds. The molecule has 0 heterocycles. The molecule has 0 saturated heterocycles. The van der Waals surface area contributed by atoms with Crippen LogP contribution in [-0.4, -0.2) is 24.4 Å². The van der Waals surface area contributed by atoms with Gasteiger partial charge in [-0.25, -0.2) is 0 Å². The highest BCUT2D eigenvalue weighted by Crippen LogP contribution is 2.19. The summed E-state index contributed by atoms with van der Waals surface area (Å²) in [5.41, 5.74) is 3.10. The van der Waals surface area contributed by atoms with Crippen molar-refractivity contribution in [3.8, 4) is 0 Å². The van der Waals surface area contributed by atoms with E-state index < -0.39 is 0 Å². The van der Waals surface area contributed by atoms with Crippen molar-refractivity contribution in [2.75, 3.05) is 13.6 Å². The van der Waals surface area contributed by atoms with Gasteiger partial charge in [0.25, 0.3) is 5.91 Å². The first kappa shape index (κ1) is 14.8. The molecule has 0 atom stereocenters. The maximum absolute atomic E-state index is 12.4. The summed E-state index contributed by atoms with van der Waals surface area (Å²) in [5.74, 6) is 0.0489. The minimum atomic E-state index is 0.0489. The molecular weight excluding hydrogens is 314 g/mol. The molecule has 3 heteroatoms. The van der Waals surface area contributed by atoms with Gasteiger partial charge in [-0.3, -0.25) is 4.79 Å². The van der Waals surface area contributed by atoms with Gasteiger partial charge in [-0.2, -0.15) is 0 Å². The van der Waals surface area contributed by atoms with Crippen LogP contribution in [0.2, 0.25) is 0 Å². The zero-order chi connectivity index (χ0) is 14.5. The van der Waals surface area contributed by atoms with Gasteiger partial charge in [-0.15, -0.1) is 0 Å². The number of carbonyl (C=O) groups excluding carboxylic acids is 1. The monoisotopic (exact) mass is 331 g/mol. The highest BCUT2D eigenvalue weighted by molar-refractivity contribution is 9.10. The number of aryl methyl sites for hydroxylation is 1. The summed E-state index contributed by atoms with van der Waals surface area (Å²) < 4.78 is 0.856. The lowest BCUT2D eigenvalue weighted by Crippen LogP contribution is -2.29. The molecule has 20 heavy (non-hydrogen) atoms. The average molecular weight is 332 g/mol. The van der Waals surface area contributed by atoms with Crippen LogP contribution in [0.15, 0.2) is 53.0 Å². The quantitative estimate of drug-likeness (QED) is 0.826. The lowest BCUT2D eigenvalue weighted by molar-refractivity contribution is 0.0795. The van der Waals surface area contributed by atoms with Crippen LogP contribution in [0.4, 0.5) is 0 Å². The molecule has 0 N–H and O–H groups in total. The number of likely N-dealkylation sites (N-methyl/N-ethyl adjacent to an activating group) is 1. The second kappa shape index (κ2) is 6.71. The highest BCUT2D eigenvalue weighted by atomic mass is 79.9. The van der Waals surface area contributed by atoms with Crippen LogP contribution >= 0.6 is 15.9 Å². The second-order valence-corrected chi connectivity index (χ2v) is 5.80. The van der Waals surface area contributed by atoms with Crippen LogP contribution in [0, 0.1) is 6.92 Å². The number of hydrogen-bond acceptors (Lipinski definition) is 1. The van der Waals surface area contributed by atoms with E-state index in [9.17, 15) is 4.79 Å². The first-order valence-corrected chi connectivity index (χ1v) is 7.43. The number of hydrogen-bond donors (Lipinski definition) is 0. The predicted molar refractivity (Wildman–Crippen MR) is 86.0 cm³/mol. The lowest BCUT2D eigenvalue weighted by atomic mass is 10.1. The Labute approximate surface area is 128 Å². The molecule has 0 fully saturated rings. The number of halogens is 1.